The maximum atomic E-state index is 12.9. The van der Waals surface area contributed by atoms with Crippen LogP contribution in [0.25, 0.3) is 0 Å². The lowest BCUT2D eigenvalue weighted by molar-refractivity contribution is -0.114. The van der Waals surface area contributed by atoms with Crippen molar-refractivity contribution in [1.82, 2.24) is 0 Å². The molecule has 0 aliphatic heterocycles. The normalized spacial score (nSPS) is 10.1. The molecule has 92 valence electrons. The molecule has 0 fully saturated rings. The third-order valence-electron chi connectivity index (χ3n) is 2.65. The van der Waals surface area contributed by atoms with Gasteiger partial charge in [0, 0.05) is 10.9 Å². The topological polar surface area (TPSA) is 17.1 Å². The van der Waals surface area contributed by atoms with E-state index < -0.39 is 0 Å². The third kappa shape index (κ3) is 4.43. The smallest absolute Gasteiger partial charge is 0.160 e. The Balaban J connectivity index is 2.78. The van der Waals surface area contributed by atoms with Crippen LogP contribution >= 0.6 is 15.9 Å². The average Bonchev–Trinajstić information content (AvgIpc) is 2.29. The molecular formula is C14H16BrFO. The summed E-state index contributed by atoms with van der Waals surface area (Å²) in [5, 5.41) is 0. The van der Waals surface area contributed by atoms with Crippen LogP contribution in [0.5, 0.6) is 0 Å². The van der Waals surface area contributed by atoms with E-state index in [0.717, 1.165) is 24.0 Å². The summed E-state index contributed by atoms with van der Waals surface area (Å²) in [7, 11) is 0. The molecule has 0 spiro atoms. The largest absolute Gasteiger partial charge is 0.294 e. The number of hydrogen-bond donors (Lipinski definition) is 0. The van der Waals surface area contributed by atoms with Crippen LogP contribution < -0.4 is 0 Å². The number of rotatable bonds is 5. The van der Waals surface area contributed by atoms with E-state index in [-0.39, 0.29) is 11.6 Å². The quantitative estimate of drug-likeness (QED) is 0.734. The highest BCUT2D eigenvalue weighted by Gasteiger charge is 2.06. The Morgan fingerprint density at radius 3 is 2.53 bits per heavy atom. The molecule has 1 aromatic rings. The predicted molar refractivity (Wildman–Crippen MR) is 71.5 cm³/mol. The van der Waals surface area contributed by atoms with E-state index in [0.29, 0.717) is 10.9 Å². The predicted octanol–water partition coefficient (Wildman–Crippen LogP) is 4.45. The molecule has 1 nitrogen and oxygen atoms in total. The molecule has 0 aliphatic rings. The molecule has 17 heavy (non-hydrogen) atoms. The summed E-state index contributed by atoms with van der Waals surface area (Å²) in [5.74, 6) is -0.234. The zero-order chi connectivity index (χ0) is 12.8. The van der Waals surface area contributed by atoms with Crippen LogP contribution in [0.15, 0.2) is 34.3 Å². The van der Waals surface area contributed by atoms with Crippen LogP contribution in [0.1, 0.15) is 32.3 Å². The molecule has 0 unspecified atom stereocenters. The van der Waals surface area contributed by atoms with Gasteiger partial charge in [0.2, 0.25) is 0 Å². The van der Waals surface area contributed by atoms with Crippen LogP contribution in [0.4, 0.5) is 4.39 Å². The van der Waals surface area contributed by atoms with E-state index in [2.05, 4.69) is 15.9 Å². The van der Waals surface area contributed by atoms with Crippen molar-refractivity contribution >= 4 is 21.7 Å². The summed E-state index contributed by atoms with van der Waals surface area (Å²) in [6.07, 6.45) is 3.81. The Kier molecular flexibility index (Phi) is 5.56. The van der Waals surface area contributed by atoms with Crippen LogP contribution in [0.2, 0.25) is 0 Å². The first-order chi connectivity index (χ1) is 8.06. The van der Waals surface area contributed by atoms with Gasteiger partial charge in [0.05, 0.1) is 0 Å². The van der Waals surface area contributed by atoms with Gasteiger partial charge >= 0.3 is 0 Å². The summed E-state index contributed by atoms with van der Waals surface area (Å²) >= 11 is 3.26. The van der Waals surface area contributed by atoms with Crippen LogP contribution in [-0.2, 0) is 11.2 Å². The molecule has 0 bridgehead atoms. The van der Waals surface area contributed by atoms with Crippen molar-refractivity contribution in [2.24, 2.45) is 0 Å². The molecule has 3 heteroatoms. The van der Waals surface area contributed by atoms with Gasteiger partial charge in [0.15, 0.2) is 5.78 Å². The van der Waals surface area contributed by atoms with Crippen molar-refractivity contribution in [3.8, 4) is 0 Å². The molecule has 0 heterocycles. The van der Waals surface area contributed by atoms with Crippen LogP contribution in [0, 0.1) is 5.82 Å². The number of halogens is 2. The summed E-state index contributed by atoms with van der Waals surface area (Å²) in [5.41, 5.74) is 1.97. The SMILES string of the molecule is CCC(=CC(=O)Cc1ccc(F)cc1Br)CC. The lowest BCUT2D eigenvalue weighted by Gasteiger charge is -2.03. The Morgan fingerprint density at radius 1 is 1.35 bits per heavy atom. The summed E-state index contributed by atoms with van der Waals surface area (Å²) in [6.45, 7) is 4.08. The second-order valence-electron chi connectivity index (χ2n) is 3.89. The summed E-state index contributed by atoms with van der Waals surface area (Å²) in [4.78, 5) is 11.8. The molecule has 0 atom stereocenters. The van der Waals surface area contributed by atoms with Gasteiger partial charge in [-0.25, -0.2) is 4.39 Å². The zero-order valence-corrected chi connectivity index (χ0v) is 11.7. The second kappa shape index (κ2) is 6.70. The summed E-state index contributed by atoms with van der Waals surface area (Å²) in [6, 6.07) is 4.40. The Morgan fingerprint density at radius 2 is 2.00 bits per heavy atom. The van der Waals surface area contributed by atoms with Crippen molar-refractivity contribution < 1.29 is 9.18 Å². The van der Waals surface area contributed by atoms with E-state index in [1.807, 2.05) is 13.8 Å². The fraction of sp³-hybridized carbons (Fsp3) is 0.357. The maximum absolute atomic E-state index is 12.9. The molecule has 0 saturated heterocycles. The van der Waals surface area contributed by atoms with Gasteiger partial charge in [-0.15, -0.1) is 0 Å². The van der Waals surface area contributed by atoms with Crippen LogP contribution in [-0.4, -0.2) is 5.78 Å². The lowest BCUT2D eigenvalue weighted by Crippen LogP contribution is -2.01. The minimum absolute atomic E-state index is 0.0657. The molecular weight excluding hydrogens is 283 g/mol. The van der Waals surface area contributed by atoms with Gasteiger partial charge in [0.1, 0.15) is 5.82 Å². The molecule has 0 saturated carbocycles. The van der Waals surface area contributed by atoms with Gasteiger partial charge in [0.25, 0.3) is 0 Å². The Hall–Kier alpha value is -0.960. The minimum Gasteiger partial charge on any atom is -0.294 e. The number of carbonyl (C=O) groups is 1. The monoisotopic (exact) mass is 298 g/mol. The maximum Gasteiger partial charge on any atom is 0.160 e. The number of allylic oxidation sites excluding steroid dienone is 2. The van der Waals surface area contributed by atoms with Gasteiger partial charge in [-0.3, -0.25) is 4.79 Å². The average molecular weight is 299 g/mol. The van der Waals surface area contributed by atoms with E-state index in [9.17, 15) is 9.18 Å². The third-order valence-corrected chi connectivity index (χ3v) is 3.39. The molecule has 0 amide bonds. The molecule has 0 aromatic heterocycles. The molecule has 1 aromatic carbocycles. The Bertz CT molecular complexity index is 432. The van der Waals surface area contributed by atoms with E-state index in [1.54, 1.807) is 12.1 Å². The molecule has 0 N–H and O–H groups in total. The van der Waals surface area contributed by atoms with E-state index >= 15 is 0 Å². The highest BCUT2D eigenvalue weighted by atomic mass is 79.9. The van der Waals surface area contributed by atoms with Crippen LogP contribution in [0.3, 0.4) is 0 Å². The highest BCUT2D eigenvalue weighted by molar-refractivity contribution is 9.10. The standard InChI is InChI=1S/C14H16BrFO/c1-3-10(4-2)7-13(17)8-11-5-6-12(16)9-14(11)15/h5-7,9H,3-4,8H2,1-2H3. The number of benzene rings is 1. The van der Waals surface area contributed by atoms with Gasteiger partial charge in [-0.1, -0.05) is 41.4 Å². The first-order valence-electron chi connectivity index (χ1n) is 5.73. The second-order valence-corrected chi connectivity index (χ2v) is 4.74. The van der Waals surface area contributed by atoms with Gasteiger partial charge < -0.3 is 0 Å². The zero-order valence-electron chi connectivity index (χ0n) is 10.1. The van der Waals surface area contributed by atoms with Crippen molar-refractivity contribution in [1.29, 1.82) is 0 Å². The van der Waals surface area contributed by atoms with Crippen molar-refractivity contribution in [2.75, 3.05) is 0 Å². The molecule has 0 aliphatic carbocycles. The fourth-order valence-electron chi connectivity index (χ4n) is 1.59. The first-order valence-corrected chi connectivity index (χ1v) is 6.52. The number of hydrogen-bond acceptors (Lipinski definition) is 1. The van der Waals surface area contributed by atoms with Gasteiger partial charge in [-0.2, -0.15) is 0 Å². The minimum atomic E-state index is -0.300. The van der Waals surface area contributed by atoms with Crippen molar-refractivity contribution in [2.45, 2.75) is 33.1 Å². The van der Waals surface area contributed by atoms with Crippen molar-refractivity contribution in [3.63, 3.8) is 0 Å². The fourth-order valence-corrected chi connectivity index (χ4v) is 2.08. The lowest BCUT2D eigenvalue weighted by atomic mass is 10.0. The van der Waals surface area contributed by atoms with Crippen molar-refractivity contribution in [3.05, 3.63) is 45.7 Å². The summed E-state index contributed by atoms with van der Waals surface area (Å²) < 4.78 is 13.5. The number of ketones is 1. The molecule has 0 radical (unpaired) electrons. The van der Waals surface area contributed by atoms with E-state index in [4.69, 9.17) is 0 Å². The van der Waals surface area contributed by atoms with E-state index in [1.165, 1.54) is 12.1 Å². The highest BCUT2D eigenvalue weighted by Crippen LogP contribution is 2.19. The number of carbonyl (C=O) groups excluding carboxylic acids is 1. The first kappa shape index (κ1) is 14.1. The van der Waals surface area contributed by atoms with Gasteiger partial charge in [-0.05, 0) is 36.6 Å². The molecule has 1 rings (SSSR count). The Labute approximate surface area is 110 Å².